The Morgan fingerprint density at radius 2 is 1.78 bits per heavy atom. The predicted molar refractivity (Wildman–Crippen MR) is 105 cm³/mol. The maximum absolute atomic E-state index is 11.4. The smallest absolute Gasteiger partial charge is 0.248 e. The van der Waals surface area contributed by atoms with Crippen molar-refractivity contribution >= 4 is 16.8 Å². The average molecular weight is 355 g/mol. The van der Waals surface area contributed by atoms with Crippen LogP contribution in [-0.2, 0) is 0 Å². The first kappa shape index (κ1) is 16.7. The van der Waals surface area contributed by atoms with Crippen molar-refractivity contribution in [3.05, 3.63) is 84.2 Å². The largest absolute Gasteiger partial charge is 0.457 e. The summed E-state index contributed by atoms with van der Waals surface area (Å²) in [6.07, 6.45) is 3.45. The van der Waals surface area contributed by atoms with E-state index in [4.69, 9.17) is 10.5 Å². The van der Waals surface area contributed by atoms with Gasteiger partial charge in [0.15, 0.2) is 0 Å². The lowest BCUT2D eigenvalue weighted by atomic mass is 10.0. The van der Waals surface area contributed by atoms with Crippen LogP contribution >= 0.6 is 0 Å². The molecule has 0 atom stereocenters. The zero-order chi connectivity index (χ0) is 18.8. The highest BCUT2D eigenvalue weighted by molar-refractivity contribution is 5.94. The number of hydrogen-bond donors (Lipinski definition) is 1. The zero-order valence-electron chi connectivity index (χ0n) is 14.7. The van der Waals surface area contributed by atoms with E-state index in [1.54, 1.807) is 24.5 Å². The van der Waals surface area contributed by atoms with Crippen LogP contribution in [0.2, 0.25) is 0 Å². The molecule has 27 heavy (non-hydrogen) atoms. The highest BCUT2D eigenvalue weighted by Gasteiger charge is 2.08. The van der Waals surface area contributed by atoms with Crippen molar-refractivity contribution in [1.82, 2.24) is 9.97 Å². The number of rotatable bonds is 4. The van der Waals surface area contributed by atoms with Crippen molar-refractivity contribution in [3.8, 4) is 22.8 Å². The molecule has 5 heteroatoms. The lowest BCUT2D eigenvalue weighted by Crippen LogP contribution is -2.12. The summed E-state index contributed by atoms with van der Waals surface area (Å²) in [7, 11) is 0. The van der Waals surface area contributed by atoms with Gasteiger partial charge in [0.2, 0.25) is 5.91 Å². The Bertz CT molecular complexity index is 1160. The van der Waals surface area contributed by atoms with Crippen molar-refractivity contribution in [2.24, 2.45) is 5.73 Å². The third-order valence-electron chi connectivity index (χ3n) is 4.33. The van der Waals surface area contributed by atoms with Gasteiger partial charge in [-0.3, -0.25) is 14.8 Å². The SMILES string of the molecule is Cc1cc(-c2cc(Oc3ccc4cccnc4c3)ccn2)ccc1C(N)=O. The van der Waals surface area contributed by atoms with Crippen LogP contribution in [0.25, 0.3) is 22.2 Å². The minimum absolute atomic E-state index is 0.436. The zero-order valence-corrected chi connectivity index (χ0v) is 14.7. The molecule has 1 amide bonds. The normalized spacial score (nSPS) is 10.7. The summed E-state index contributed by atoms with van der Waals surface area (Å²) >= 11 is 0. The Labute approximate surface area is 156 Å². The number of carbonyl (C=O) groups excluding carboxylic acids is 1. The molecular formula is C22H17N3O2. The van der Waals surface area contributed by atoms with Gasteiger partial charge in [-0.05, 0) is 48.9 Å². The van der Waals surface area contributed by atoms with Gasteiger partial charge in [0, 0.05) is 41.0 Å². The number of fused-ring (bicyclic) bond motifs is 1. The Morgan fingerprint density at radius 3 is 2.59 bits per heavy atom. The van der Waals surface area contributed by atoms with Crippen LogP contribution in [0.1, 0.15) is 15.9 Å². The van der Waals surface area contributed by atoms with Gasteiger partial charge in [-0.2, -0.15) is 0 Å². The molecule has 2 aromatic carbocycles. The standard InChI is InChI=1S/C22H17N3O2/c1-14-11-16(5-7-19(14)22(23)26)21-13-18(8-10-25-21)27-17-6-4-15-3-2-9-24-20(15)12-17/h2-13H,1H3,(H2,23,26). The van der Waals surface area contributed by atoms with Gasteiger partial charge in [0.1, 0.15) is 11.5 Å². The van der Waals surface area contributed by atoms with Crippen molar-refractivity contribution < 1.29 is 9.53 Å². The topological polar surface area (TPSA) is 78.1 Å². The van der Waals surface area contributed by atoms with Gasteiger partial charge >= 0.3 is 0 Å². The summed E-state index contributed by atoms with van der Waals surface area (Å²) in [6.45, 7) is 1.85. The maximum atomic E-state index is 11.4. The number of nitrogens with zero attached hydrogens (tertiary/aromatic N) is 2. The molecule has 0 bridgehead atoms. The fourth-order valence-electron chi connectivity index (χ4n) is 2.98. The number of aryl methyl sites for hydroxylation is 1. The van der Waals surface area contributed by atoms with Crippen molar-refractivity contribution in [2.75, 3.05) is 0 Å². The quantitative estimate of drug-likeness (QED) is 0.585. The first-order chi connectivity index (χ1) is 13.1. The van der Waals surface area contributed by atoms with Gasteiger partial charge in [-0.1, -0.05) is 12.1 Å². The fraction of sp³-hybridized carbons (Fsp3) is 0.0455. The second kappa shape index (κ2) is 6.88. The third-order valence-corrected chi connectivity index (χ3v) is 4.33. The van der Waals surface area contributed by atoms with Crippen molar-refractivity contribution in [2.45, 2.75) is 6.92 Å². The minimum atomic E-state index is -0.436. The van der Waals surface area contributed by atoms with Crippen LogP contribution in [0.3, 0.4) is 0 Å². The summed E-state index contributed by atoms with van der Waals surface area (Å²) in [5, 5.41) is 1.06. The summed E-state index contributed by atoms with van der Waals surface area (Å²) in [5.74, 6) is 0.944. The lowest BCUT2D eigenvalue weighted by Gasteiger charge is -2.09. The number of nitrogens with two attached hydrogens (primary N) is 1. The molecule has 2 N–H and O–H groups in total. The molecule has 0 radical (unpaired) electrons. The number of pyridine rings is 2. The molecular weight excluding hydrogens is 338 g/mol. The molecule has 0 saturated carbocycles. The van der Waals surface area contributed by atoms with Crippen LogP contribution in [0, 0.1) is 6.92 Å². The monoisotopic (exact) mass is 355 g/mol. The van der Waals surface area contributed by atoms with Crippen molar-refractivity contribution in [1.29, 1.82) is 0 Å². The number of hydrogen-bond acceptors (Lipinski definition) is 4. The van der Waals surface area contributed by atoms with E-state index in [0.717, 1.165) is 27.7 Å². The Balaban J connectivity index is 1.64. The third kappa shape index (κ3) is 3.48. The van der Waals surface area contributed by atoms with Crippen LogP contribution in [0.4, 0.5) is 0 Å². The van der Waals surface area contributed by atoms with Gasteiger partial charge in [-0.15, -0.1) is 0 Å². The molecule has 0 aliphatic rings. The first-order valence-corrected chi connectivity index (χ1v) is 8.50. The van der Waals surface area contributed by atoms with E-state index in [9.17, 15) is 4.79 Å². The van der Waals surface area contributed by atoms with Crippen LogP contribution in [0.15, 0.2) is 73.1 Å². The fourth-order valence-corrected chi connectivity index (χ4v) is 2.98. The molecule has 2 heterocycles. The molecule has 132 valence electrons. The average Bonchev–Trinajstić information content (AvgIpc) is 2.68. The summed E-state index contributed by atoms with van der Waals surface area (Å²) in [4.78, 5) is 20.2. The number of carbonyl (C=O) groups is 1. The highest BCUT2D eigenvalue weighted by atomic mass is 16.5. The molecule has 2 aromatic heterocycles. The first-order valence-electron chi connectivity index (χ1n) is 8.50. The van der Waals surface area contributed by atoms with E-state index in [-0.39, 0.29) is 0 Å². The Kier molecular flexibility index (Phi) is 4.26. The summed E-state index contributed by atoms with van der Waals surface area (Å²) < 4.78 is 5.99. The van der Waals surface area contributed by atoms with E-state index < -0.39 is 5.91 Å². The van der Waals surface area contributed by atoms with Gasteiger partial charge in [0.25, 0.3) is 0 Å². The van der Waals surface area contributed by atoms with Crippen molar-refractivity contribution in [3.63, 3.8) is 0 Å². The number of aromatic nitrogens is 2. The second-order valence-electron chi connectivity index (χ2n) is 6.23. The minimum Gasteiger partial charge on any atom is -0.457 e. The molecule has 0 unspecified atom stereocenters. The molecule has 0 aliphatic carbocycles. The van der Waals surface area contributed by atoms with E-state index in [2.05, 4.69) is 9.97 Å². The molecule has 0 saturated heterocycles. The second-order valence-corrected chi connectivity index (χ2v) is 6.23. The lowest BCUT2D eigenvalue weighted by molar-refractivity contribution is 0.0999. The van der Waals surface area contributed by atoms with Crippen LogP contribution in [0.5, 0.6) is 11.5 Å². The number of benzene rings is 2. The Morgan fingerprint density at radius 1 is 0.926 bits per heavy atom. The van der Waals surface area contributed by atoms with E-state index in [0.29, 0.717) is 17.1 Å². The van der Waals surface area contributed by atoms with Crippen LogP contribution in [-0.4, -0.2) is 15.9 Å². The van der Waals surface area contributed by atoms with Crippen LogP contribution < -0.4 is 10.5 Å². The molecule has 4 aromatic rings. The van der Waals surface area contributed by atoms with E-state index in [1.165, 1.54) is 0 Å². The predicted octanol–water partition coefficient (Wildman–Crippen LogP) is 4.50. The van der Waals surface area contributed by atoms with E-state index >= 15 is 0 Å². The molecule has 0 aliphatic heterocycles. The highest BCUT2D eigenvalue weighted by Crippen LogP contribution is 2.28. The summed E-state index contributed by atoms with van der Waals surface area (Å²) in [6, 6.07) is 18.8. The number of amides is 1. The molecule has 0 spiro atoms. The number of primary amides is 1. The van der Waals surface area contributed by atoms with Gasteiger partial charge < -0.3 is 10.5 Å². The van der Waals surface area contributed by atoms with E-state index in [1.807, 2.05) is 55.5 Å². The number of ether oxygens (including phenoxy) is 1. The van der Waals surface area contributed by atoms with Gasteiger partial charge in [0.05, 0.1) is 11.2 Å². The maximum Gasteiger partial charge on any atom is 0.248 e. The van der Waals surface area contributed by atoms with Gasteiger partial charge in [-0.25, -0.2) is 0 Å². The summed E-state index contributed by atoms with van der Waals surface area (Å²) in [5.41, 5.74) is 9.22. The Hall–Kier alpha value is -3.73. The molecule has 5 nitrogen and oxygen atoms in total. The molecule has 4 rings (SSSR count). The molecule has 0 fully saturated rings.